The van der Waals surface area contributed by atoms with Gasteiger partial charge in [-0.1, -0.05) is 24.3 Å². The monoisotopic (exact) mass is 276 g/mol. The van der Waals surface area contributed by atoms with Crippen LogP contribution in [0.4, 0.5) is 18.0 Å². The number of benzene rings is 1. The first-order valence-corrected chi connectivity index (χ1v) is 5.56. The van der Waals surface area contributed by atoms with E-state index in [0.717, 1.165) is 11.1 Å². The fourth-order valence-electron chi connectivity index (χ4n) is 1.44. The number of rotatable bonds is 5. The van der Waals surface area contributed by atoms with Crippen LogP contribution < -0.4 is 10.6 Å². The number of alkyl halides is 3. The third-order valence-corrected chi connectivity index (χ3v) is 2.31. The highest BCUT2D eigenvalue weighted by Crippen LogP contribution is 2.12. The molecular formula is C12H15F3N2O2. The molecule has 0 heterocycles. The molecule has 19 heavy (non-hydrogen) atoms. The summed E-state index contributed by atoms with van der Waals surface area (Å²) in [6.45, 7) is -0.830. The number of hydrogen-bond acceptors (Lipinski definition) is 2. The third-order valence-electron chi connectivity index (χ3n) is 2.31. The lowest BCUT2D eigenvalue weighted by atomic mass is 10.1. The van der Waals surface area contributed by atoms with Gasteiger partial charge in [-0.05, 0) is 11.1 Å². The third kappa shape index (κ3) is 6.10. The van der Waals surface area contributed by atoms with E-state index in [-0.39, 0.29) is 6.54 Å². The summed E-state index contributed by atoms with van der Waals surface area (Å²) in [5, 5.41) is 4.10. The molecule has 0 aromatic heterocycles. The first-order chi connectivity index (χ1) is 8.92. The summed E-state index contributed by atoms with van der Waals surface area (Å²) in [5.41, 5.74) is 1.67. The SMILES string of the molecule is COCc1ccccc1CNC(=O)NCC(F)(F)F. The average Bonchev–Trinajstić information content (AvgIpc) is 2.35. The predicted molar refractivity (Wildman–Crippen MR) is 63.4 cm³/mol. The molecule has 2 amide bonds. The Balaban J connectivity index is 2.46. The smallest absolute Gasteiger partial charge is 0.380 e. The van der Waals surface area contributed by atoms with E-state index >= 15 is 0 Å². The molecule has 0 spiro atoms. The van der Waals surface area contributed by atoms with Crippen molar-refractivity contribution in [2.75, 3.05) is 13.7 Å². The van der Waals surface area contributed by atoms with Crippen molar-refractivity contribution >= 4 is 6.03 Å². The van der Waals surface area contributed by atoms with Gasteiger partial charge in [-0.25, -0.2) is 4.79 Å². The molecule has 0 unspecified atom stereocenters. The molecule has 0 aliphatic heterocycles. The van der Waals surface area contributed by atoms with Gasteiger partial charge in [0.15, 0.2) is 0 Å². The van der Waals surface area contributed by atoms with Crippen molar-refractivity contribution in [2.24, 2.45) is 0 Å². The molecule has 1 aromatic rings. The number of urea groups is 1. The van der Waals surface area contributed by atoms with Crippen molar-refractivity contribution in [1.29, 1.82) is 0 Å². The zero-order chi connectivity index (χ0) is 14.3. The summed E-state index contributed by atoms with van der Waals surface area (Å²) in [6, 6.07) is 6.35. The van der Waals surface area contributed by atoms with Crippen molar-refractivity contribution in [1.82, 2.24) is 10.6 Å². The van der Waals surface area contributed by atoms with E-state index in [1.165, 1.54) is 0 Å². The number of carbonyl (C=O) groups excluding carboxylic acids is 1. The Morgan fingerprint density at radius 2 is 1.84 bits per heavy atom. The molecule has 0 atom stereocenters. The number of amides is 2. The van der Waals surface area contributed by atoms with Gasteiger partial charge >= 0.3 is 12.2 Å². The van der Waals surface area contributed by atoms with E-state index in [9.17, 15) is 18.0 Å². The van der Waals surface area contributed by atoms with Gasteiger partial charge in [0.1, 0.15) is 6.54 Å². The standard InChI is InChI=1S/C12H15F3N2O2/c1-19-7-10-5-3-2-4-9(10)6-16-11(18)17-8-12(13,14)15/h2-5H,6-8H2,1H3,(H2,16,17,18). The van der Waals surface area contributed by atoms with Gasteiger partial charge in [-0.15, -0.1) is 0 Å². The van der Waals surface area contributed by atoms with Gasteiger partial charge in [0.05, 0.1) is 6.61 Å². The van der Waals surface area contributed by atoms with E-state index in [0.29, 0.717) is 6.61 Å². The van der Waals surface area contributed by atoms with Crippen LogP contribution in [-0.4, -0.2) is 25.9 Å². The van der Waals surface area contributed by atoms with Crippen molar-refractivity contribution in [3.05, 3.63) is 35.4 Å². The van der Waals surface area contributed by atoms with Gasteiger partial charge < -0.3 is 15.4 Å². The summed E-state index contributed by atoms with van der Waals surface area (Å²) in [4.78, 5) is 11.2. The second kappa shape index (κ2) is 6.98. The normalized spacial score (nSPS) is 11.2. The second-order valence-corrected chi connectivity index (χ2v) is 3.85. The summed E-state index contributed by atoms with van der Waals surface area (Å²) < 4.78 is 40.6. The minimum atomic E-state index is -4.41. The molecule has 0 radical (unpaired) electrons. The molecule has 2 N–H and O–H groups in total. The van der Waals surface area contributed by atoms with Crippen LogP contribution in [0.15, 0.2) is 24.3 Å². The van der Waals surface area contributed by atoms with Crippen LogP contribution in [0.2, 0.25) is 0 Å². The van der Waals surface area contributed by atoms with Crippen LogP contribution in [0.5, 0.6) is 0 Å². The molecule has 106 valence electrons. The molecule has 1 rings (SSSR count). The van der Waals surface area contributed by atoms with Crippen LogP contribution in [0.1, 0.15) is 11.1 Å². The molecule has 7 heteroatoms. The van der Waals surface area contributed by atoms with E-state index < -0.39 is 18.8 Å². The largest absolute Gasteiger partial charge is 0.405 e. The molecule has 0 aliphatic carbocycles. The molecule has 0 bridgehead atoms. The zero-order valence-corrected chi connectivity index (χ0v) is 10.4. The number of nitrogens with one attached hydrogen (secondary N) is 2. The molecule has 0 aliphatic rings. The van der Waals surface area contributed by atoms with E-state index in [2.05, 4.69) is 5.32 Å². The lowest BCUT2D eigenvalue weighted by Crippen LogP contribution is -2.40. The number of hydrogen-bond donors (Lipinski definition) is 2. The molecule has 4 nitrogen and oxygen atoms in total. The van der Waals surface area contributed by atoms with Crippen molar-refractivity contribution in [3.8, 4) is 0 Å². The fourth-order valence-corrected chi connectivity index (χ4v) is 1.44. The minimum Gasteiger partial charge on any atom is -0.380 e. The maximum absolute atomic E-state index is 11.9. The molecule has 0 fully saturated rings. The van der Waals surface area contributed by atoms with Crippen LogP contribution in [0, 0.1) is 0 Å². The summed E-state index contributed by atoms with van der Waals surface area (Å²) in [6.07, 6.45) is -4.41. The van der Waals surface area contributed by atoms with Gasteiger partial charge in [-0.2, -0.15) is 13.2 Å². The maximum Gasteiger partial charge on any atom is 0.405 e. The van der Waals surface area contributed by atoms with Crippen LogP contribution in [-0.2, 0) is 17.9 Å². The summed E-state index contributed by atoms with van der Waals surface area (Å²) in [7, 11) is 1.54. The average molecular weight is 276 g/mol. The van der Waals surface area contributed by atoms with Gasteiger partial charge in [0, 0.05) is 13.7 Å². The zero-order valence-electron chi connectivity index (χ0n) is 10.4. The first-order valence-electron chi connectivity index (χ1n) is 5.56. The van der Waals surface area contributed by atoms with Gasteiger partial charge in [0.25, 0.3) is 0 Å². The predicted octanol–water partition coefficient (Wildman–Crippen LogP) is 2.19. The highest BCUT2D eigenvalue weighted by molar-refractivity contribution is 5.73. The molecule has 0 saturated heterocycles. The number of ether oxygens (including phenoxy) is 1. The Morgan fingerprint density at radius 1 is 1.21 bits per heavy atom. The Hall–Kier alpha value is -1.76. The lowest BCUT2D eigenvalue weighted by Gasteiger charge is -2.12. The quantitative estimate of drug-likeness (QED) is 0.866. The Labute approximate surface area is 108 Å². The molecule has 0 saturated carbocycles. The van der Waals surface area contributed by atoms with Crippen LogP contribution in [0.25, 0.3) is 0 Å². The molecule has 1 aromatic carbocycles. The summed E-state index contributed by atoms with van der Waals surface area (Å²) in [5.74, 6) is 0. The van der Waals surface area contributed by atoms with E-state index in [1.54, 1.807) is 24.6 Å². The second-order valence-electron chi connectivity index (χ2n) is 3.85. The summed E-state index contributed by atoms with van der Waals surface area (Å²) >= 11 is 0. The lowest BCUT2D eigenvalue weighted by molar-refractivity contribution is -0.122. The Kier molecular flexibility index (Phi) is 5.62. The van der Waals surface area contributed by atoms with Crippen molar-refractivity contribution in [3.63, 3.8) is 0 Å². The maximum atomic E-state index is 11.9. The van der Waals surface area contributed by atoms with Crippen LogP contribution in [0.3, 0.4) is 0 Å². The van der Waals surface area contributed by atoms with Crippen molar-refractivity contribution in [2.45, 2.75) is 19.3 Å². The first kappa shape index (κ1) is 15.3. The fraction of sp³-hybridized carbons (Fsp3) is 0.417. The Morgan fingerprint density at radius 3 is 2.42 bits per heavy atom. The Bertz CT molecular complexity index is 422. The highest BCUT2D eigenvalue weighted by atomic mass is 19.4. The van der Waals surface area contributed by atoms with Gasteiger partial charge in [0.2, 0.25) is 0 Å². The van der Waals surface area contributed by atoms with Crippen molar-refractivity contribution < 1.29 is 22.7 Å². The van der Waals surface area contributed by atoms with E-state index in [1.807, 2.05) is 12.1 Å². The van der Waals surface area contributed by atoms with E-state index in [4.69, 9.17) is 4.74 Å². The van der Waals surface area contributed by atoms with Gasteiger partial charge in [-0.3, -0.25) is 0 Å². The topological polar surface area (TPSA) is 50.4 Å². The number of methoxy groups -OCH3 is 1. The number of halogens is 3. The molecular weight excluding hydrogens is 261 g/mol. The number of carbonyl (C=O) groups is 1. The highest BCUT2D eigenvalue weighted by Gasteiger charge is 2.27. The minimum absolute atomic E-state index is 0.142. The van der Waals surface area contributed by atoms with Crippen LogP contribution >= 0.6 is 0 Å².